The maximum atomic E-state index is 11.9. The zero-order valence-electron chi connectivity index (χ0n) is 15.5. The van der Waals surface area contributed by atoms with Gasteiger partial charge in [0.1, 0.15) is 11.4 Å². The highest BCUT2D eigenvalue weighted by Gasteiger charge is 2.15. The van der Waals surface area contributed by atoms with Gasteiger partial charge in [-0.05, 0) is 51.8 Å². The molecule has 0 aliphatic rings. The van der Waals surface area contributed by atoms with Gasteiger partial charge in [-0.3, -0.25) is 4.79 Å². The van der Waals surface area contributed by atoms with Crippen LogP contribution in [0.15, 0.2) is 29.4 Å². The van der Waals surface area contributed by atoms with Gasteiger partial charge in [0, 0.05) is 12.3 Å². The average molecular weight is 349 g/mol. The van der Waals surface area contributed by atoms with Crippen molar-refractivity contribution in [2.45, 2.75) is 46.1 Å². The van der Waals surface area contributed by atoms with Gasteiger partial charge in [0.25, 0.3) is 0 Å². The van der Waals surface area contributed by atoms with Crippen LogP contribution in [0.25, 0.3) is 0 Å². The van der Waals surface area contributed by atoms with Gasteiger partial charge >= 0.3 is 6.09 Å². The first-order chi connectivity index (χ1) is 11.7. The molecule has 138 valence electrons. The highest BCUT2D eigenvalue weighted by Crippen LogP contribution is 2.11. The first-order valence-corrected chi connectivity index (χ1v) is 8.11. The number of rotatable bonds is 7. The molecule has 0 saturated heterocycles. The van der Waals surface area contributed by atoms with Crippen molar-refractivity contribution in [3.8, 4) is 5.75 Å². The van der Waals surface area contributed by atoms with E-state index in [2.05, 4.69) is 15.8 Å². The van der Waals surface area contributed by atoms with E-state index in [1.54, 1.807) is 34.8 Å². The summed E-state index contributed by atoms with van der Waals surface area (Å²) in [6.45, 7) is 7.48. The first-order valence-electron chi connectivity index (χ1n) is 8.11. The predicted octanol–water partition coefficient (Wildman–Crippen LogP) is 2.64. The van der Waals surface area contributed by atoms with Crippen molar-refractivity contribution in [3.63, 3.8) is 0 Å². The topological polar surface area (TPSA) is 89.0 Å². The number of nitrogens with one attached hydrogen (secondary N) is 2. The van der Waals surface area contributed by atoms with Crippen LogP contribution in [-0.4, -0.2) is 37.0 Å². The second-order valence-electron chi connectivity index (χ2n) is 6.59. The van der Waals surface area contributed by atoms with E-state index in [9.17, 15) is 9.59 Å². The van der Waals surface area contributed by atoms with E-state index >= 15 is 0 Å². The summed E-state index contributed by atoms with van der Waals surface area (Å²) in [6, 6.07) is 7.69. The molecule has 1 aromatic carbocycles. The minimum Gasteiger partial charge on any atom is -0.497 e. The number of amides is 2. The van der Waals surface area contributed by atoms with Crippen LogP contribution < -0.4 is 15.5 Å². The van der Waals surface area contributed by atoms with Crippen molar-refractivity contribution in [1.29, 1.82) is 0 Å². The minimum absolute atomic E-state index is 0.110. The fourth-order valence-electron chi connectivity index (χ4n) is 1.91. The van der Waals surface area contributed by atoms with Crippen molar-refractivity contribution in [2.24, 2.45) is 5.10 Å². The summed E-state index contributed by atoms with van der Waals surface area (Å²) >= 11 is 0. The first kappa shape index (κ1) is 20.5. The van der Waals surface area contributed by atoms with Crippen LogP contribution in [0.4, 0.5) is 4.79 Å². The predicted molar refractivity (Wildman–Crippen MR) is 96.8 cm³/mol. The normalized spacial score (nSPS) is 11.6. The van der Waals surface area contributed by atoms with Gasteiger partial charge in [-0.15, -0.1) is 0 Å². The molecular weight excluding hydrogens is 322 g/mol. The number of nitrogens with zero attached hydrogens (tertiary/aromatic N) is 1. The van der Waals surface area contributed by atoms with Crippen LogP contribution >= 0.6 is 0 Å². The Morgan fingerprint density at radius 3 is 2.36 bits per heavy atom. The molecule has 0 spiro atoms. The summed E-state index contributed by atoms with van der Waals surface area (Å²) in [5.74, 6) is 0.651. The highest BCUT2D eigenvalue weighted by atomic mass is 16.6. The van der Waals surface area contributed by atoms with Crippen molar-refractivity contribution < 1.29 is 19.1 Å². The second kappa shape index (κ2) is 9.66. The Bertz CT molecular complexity index is 604. The summed E-state index contributed by atoms with van der Waals surface area (Å²) < 4.78 is 10.2. The molecule has 0 unspecified atom stereocenters. The van der Waals surface area contributed by atoms with E-state index in [-0.39, 0.29) is 12.3 Å². The van der Waals surface area contributed by atoms with Crippen LogP contribution in [0.1, 0.15) is 39.7 Å². The summed E-state index contributed by atoms with van der Waals surface area (Å²) in [7, 11) is 1.62. The zero-order valence-corrected chi connectivity index (χ0v) is 15.5. The molecule has 2 N–H and O–H groups in total. The van der Waals surface area contributed by atoms with Crippen LogP contribution in [0.2, 0.25) is 0 Å². The fourth-order valence-corrected chi connectivity index (χ4v) is 1.91. The Hall–Kier alpha value is -2.57. The van der Waals surface area contributed by atoms with E-state index in [4.69, 9.17) is 9.47 Å². The minimum atomic E-state index is -0.647. The lowest BCUT2D eigenvalue weighted by molar-refractivity contribution is -0.119. The van der Waals surface area contributed by atoms with Crippen LogP contribution in [0.3, 0.4) is 0 Å². The van der Waals surface area contributed by atoms with Crippen molar-refractivity contribution >= 4 is 17.7 Å². The third kappa shape index (κ3) is 9.34. The summed E-state index contributed by atoms with van der Waals surface area (Å²) in [4.78, 5) is 23.3. The Morgan fingerprint density at radius 1 is 1.16 bits per heavy atom. The van der Waals surface area contributed by atoms with Crippen LogP contribution in [0.5, 0.6) is 5.75 Å². The molecule has 25 heavy (non-hydrogen) atoms. The molecule has 0 saturated carbocycles. The molecule has 0 aliphatic heterocycles. The maximum Gasteiger partial charge on any atom is 0.428 e. The smallest absolute Gasteiger partial charge is 0.428 e. The van der Waals surface area contributed by atoms with E-state index in [1.807, 2.05) is 24.3 Å². The van der Waals surface area contributed by atoms with E-state index in [0.29, 0.717) is 12.3 Å². The van der Waals surface area contributed by atoms with Gasteiger partial charge in [0.05, 0.1) is 13.5 Å². The number of hydrazone groups is 1. The molecule has 0 heterocycles. The molecule has 2 amide bonds. The molecule has 0 aromatic heterocycles. The molecule has 0 bridgehead atoms. The number of hydrogen-bond donors (Lipinski definition) is 2. The number of carbonyl (C=O) groups is 2. The Balaban J connectivity index is 2.30. The zero-order chi connectivity index (χ0) is 18.9. The quantitative estimate of drug-likeness (QED) is 0.585. The SMILES string of the molecule is COc1ccc(CCNC(=O)CC(C)=NNC(=O)OC(C)(C)C)cc1. The number of carbonyl (C=O) groups excluding carboxylic acids is 2. The molecule has 7 heteroatoms. The standard InChI is InChI=1S/C18H27N3O4/c1-13(20-21-17(23)25-18(2,3)4)12-16(22)19-11-10-14-6-8-15(24-5)9-7-14/h6-9H,10-12H2,1-5H3,(H,19,22)(H,21,23). The van der Waals surface area contributed by atoms with Crippen molar-refractivity contribution in [1.82, 2.24) is 10.7 Å². The summed E-state index contributed by atoms with van der Waals surface area (Å²) in [5, 5.41) is 6.67. The molecule has 1 rings (SSSR count). The lowest BCUT2D eigenvalue weighted by Gasteiger charge is -2.18. The molecule has 1 aromatic rings. The number of benzene rings is 1. The van der Waals surface area contributed by atoms with Gasteiger partial charge in [0.15, 0.2) is 0 Å². The highest BCUT2D eigenvalue weighted by molar-refractivity contribution is 6.00. The van der Waals surface area contributed by atoms with E-state index in [1.165, 1.54) is 0 Å². The van der Waals surface area contributed by atoms with Crippen LogP contribution in [-0.2, 0) is 16.0 Å². The van der Waals surface area contributed by atoms with Crippen molar-refractivity contribution in [2.75, 3.05) is 13.7 Å². The summed E-state index contributed by atoms with van der Waals surface area (Å²) in [6.07, 6.45) is 0.187. The van der Waals surface area contributed by atoms with Gasteiger partial charge < -0.3 is 14.8 Å². The van der Waals surface area contributed by atoms with E-state index < -0.39 is 11.7 Å². The lowest BCUT2D eigenvalue weighted by atomic mass is 10.1. The fraction of sp³-hybridized carbons (Fsp3) is 0.500. The van der Waals surface area contributed by atoms with Gasteiger partial charge in [-0.25, -0.2) is 10.2 Å². The van der Waals surface area contributed by atoms with Gasteiger partial charge in [-0.2, -0.15) is 5.10 Å². The third-order valence-corrected chi connectivity index (χ3v) is 3.05. The summed E-state index contributed by atoms with van der Waals surface area (Å²) in [5.41, 5.74) is 3.28. The van der Waals surface area contributed by atoms with Gasteiger partial charge in [-0.1, -0.05) is 12.1 Å². The molecular formula is C18H27N3O4. The number of hydrogen-bond acceptors (Lipinski definition) is 5. The molecule has 0 atom stereocenters. The molecule has 0 radical (unpaired) electrons. The lowest BCUT2D eigenvalue weighted by Crippen LogP contribution is -2.31. The monoisotopic (exact) mass is 349 g/mol. The average Bonchev–Trinajstić information content (AvgIpc) is 2.52. The Morgan fingerprint density at radius 2 is 1.80 bits per heavy atom. The van der Waals surface area contributed by atoms with Crippen LogP contribution in [0, 0.1) is 0 Å². The molecule has 7 nitrogen and oxygen atoms in total. The second-order valence-corrected chi connectivity index (χ2v) is 6.59. The number of ether oxygens (including phenoxy) is 2. The number of methoxy groups -OCH3 is 1. The largest absolute Gasteiger partial charge is 0.497 e. The maximum absolute atomic E-state index is 11.9. The molecule has 0 fully saturated rings. The van der Waals surface area contributed by atoms with E-state index in [0.717, 1.165) is 17.7 Å². The molecule has 0 aliphatic carbocycles. The Kier molecular flexibility index (Phi) is 7.91. The van der Waals surface area contributed by atoms with Crippen molar-refractivity contribution in [3.05, 3.63) is 29.8 Å². The Labute approximate surface area is 148 Å². The van der Waals surface area contributed by atoms with Gasteiger partial charge in [0.2, 0.25) is 5.91 Å². The third-order valence-electron chi connectivity index (χ3n) is 3.05.